The number of aryl methyl sites for hydroxylation is 1. The van der Waals surface area contributed by atoms with Crippen LogP contribution in [0.1, 0.15) is 12.5 Å². The molecule has 23 heavy (non-hydrogen) atoms. The van der Waals surface area contributed by atoms with Crippen LogP contribution >= 0.6 is 11.9 Å². The van der Waals surface area contributed by atoms with Gasteiger partial charge in [0.05, 0.1) is 16.8 Å². The predicted molar refractivity (Wildman–Crippen MR) is 96.6 cm³/mol. The molecule has 1 heterocycles. The number of rotatable bonds is 4. The summed E-state index contributed by atoms with van der Waals surface area (Å²) in [5, 5.41) is 20.3. The molecule has 0 bridgehead atoms. The molecule has 0 atom stereocenters. The van der Waals surface area contributed by atoms with E-state index in [1.54, 1.807) is 24.1 Å². The highest BCUT2D eigenvalue weighted by Crippen LogP contribution is 2.35. The molecule has 2 aromatic carbocycles. The van der Waals surface area contributed by atoms with Gasteiger partial charge in [0.15, 0.2) is 0 Å². The lowest BCUT2D eigenvalue weighted by atomic mass is 10.1. The van der Waals surface area contributed by atoms with Gasteiger partial charge in [0.1, 0.15) is 11.8 Å². The number of fused-ring (bicyclic) bond motifs is 1. The summed E-state index contributed by atoms with van der Waals surface area (Å²) in [6.07, 6.45) is 1.98. The van der Waals surface area contributed by atoms with Crippen LogP contribution in [0.25, 0.3) is 22.2 Å². The highest BCUT2D eigenvalue weighted by Gasteiger charge is 2.18. The Hall–Kier alpha value is -2.58. The Bertz CT molecular complexity index is 891. The van der Waals surface area contributed by atoms with Crippen LogP contribution in [-0.4, -0.2) is 15.9 Å². The summed E-state index contributed by atoms with van der Waals surface area (Å²) in [6.45, 7) is 2.76. The van der Waals surface area contributed by atoms with Crippen molar-refractivity contribution in [2.45, 2.75) is 13.5 Å². The lowest BCUT2D eigenvalue weighted by molar-refractivity contribution is 0.476. The van der Waals surface area contributed by atoms with Gasteiger partial charge in [-0.05, 0) is 36.8 Å². The Balaban J connectivity index is 2.25. The number of aromatic hydroxyl groups is 1. The lowest BCUT2D eigenvalue weighted by Gasteiger charge is -2.10. The SMILES string of the molecule is CCn1c(-c2ccc(NSC)cc2)c(C#N)c2ccc(O)cc21. The standard InChI is InChI=1S/C18H17N3OS/c1-3-21-17-10-14(22)8-9-15(17)16(11-19)18(21)12-4-6-13(7-5-12)20-23-2/h4-10,20,22H,3H2,1-2H3. The van der Waals surface area contributed by atoms with Crippen LogP contribution in [-0.2, 0) is 6.54 Å². The fourth-order valence-corrected chi connectivity index (χ4v) is 3.27. The number of hydrogen-bond acceptors (Lipinski definition) is 4. The average Bonchev–Trinajstić information content (AvgIpc) is 2.88. The van der Waals surface area contributed by atoms with E-state index in [9.17, 15) is 10.4 Å². The van der Waals surface area contributed by atoms with E-state index >= 15 is 0 Å². The second-order valence-electron chi connectivity index (χ2n) is 5.16. The number of nitrogens with zero attached hydrogens (tertiary/aromatic N) is 2. The van der Waals surface area contributed by atoms with Gasteiger partial charge in [-0.25, -0.2) is 0 Å². The van der Waals surface area contributed by atoms with Gasteiger partial charge >= 0.3 is 0 Å². The number of phenols is 1. The van der Waals surface area contributed by atoms with E-state index in [4.69, 9.17) is 0 Å². The smallest absolute Gasteiger partial charge is 0.117 e. The number of nitriles is 1. The molecule has 5 heteroatoms. The first-order valence-electron chi connectivity index (χ1n) is 7.34. The zero-order chi connectivity index (χ0) is 16.4. The molecule has 0 aliphatic heterocycles. The van der Waals surface area contributed by atoms with Crippen LogP contribution in [0.3, 0.4) is 0 Å². The molecule has 0 saturated heterocycles. The fourth-order valence-electron chi connectivity index (χ4n) is 2.89. The third-order valence-electron chi connectivity index (χ3n) is 3.85. The minimum atomic E-state index is 0.209. The van der Waals surface area contributed by atoms with Crippen LogP contribution in [0.4, 0.5) is 5.69 Å². The maximum absolute atomic E-state index is 9.78. The number of aromatic nitrogens is 1. The molecule has 3 aromatic rings. The maximum atomic E-state index is 9.78. The molecular formula is C18H17N3OS. The van der Waals surface area contributed by atoms with E-state index in [0.717, 1.165) is 34.4 Å². The van der Waals surface area contributed by atoms with Crippen molar-refractivity contribution in [3.05, 3.63) is 48.0 Å². The Labute approximate surface area is 139 Å². The topological polar surface area (TPSA) is 61.0 Å². The van der Waals surface area contributed by atoms with Gasteiger partial charge in [0.2, 0.25) is 0 Å². The van der Waals surface area contributed by atoms with Gasteiger partial charge < -0.3 is 14.4 Å². The van der Waals surface area contributed by atoms with Crippen molar-refractivity contribution >= 4 is 28.5 Å². The molecular weight excluding hydrogens is 306 g/mol. The first kappa shape index (κ1) is 15.3. The number of nitrogens with one attached hydrogen (secondary N) is 1. The van der Waals surface area contributed by atoms with E-state index < -0.39 is 0 Å². The molecule has 2 N–H and O–H groups in total. The Morgan fingerprint density at radius 2 is 1.96 bits per heavy atom. The van der Waals surface area contributed by atoms with Gasteiger partial charge in [-0.3, -0.25) is 0 Å². The summed E-state index contributed by atoms with van der Waals surface area (Å²) >= 11 is 1.54. The molecule has 0 amide bonds. The Kier molecular flexibility index (Phi) is 4.18. The molecule has 3 rings (SSSR count). The monoisotopic (exact) mass is 323 g/mol. The van der Waals surface area contributed by atoms with Crippen molar-refractivity contribution in [2.24, 2.45) is 0 Å². The summed E-state index contributed by atoms with van der Waals surface area (Å²) in [7, 11) is 0. The van der Waals surface area contributed by atoms with Crippen LogP contribution in [0, 0.1) is 11.3 Å². The summed E-state index contributed by atoms with van der Waals surface area (Å²) in [5.41, 5.74) is 4.44. The molecule has 0 spiro atoms. The Morgan fingerprint density at radius 1 is 1.22 bits per heavy atom. The summed E-state index contributed by atoms with van der Waals surface area (Å²) in [6, 6.07) is 15.5. The summed E-state index contributed by atoms with van der Waals surface area (Å²) < 4.78 is 5.26. The molecule has 0 aliphatic carbocycles. The minimum absolute atomic E-state index is 0.209. The molecule has 0 fully saturated rings. The third kappa shape index (κ3) is 2.62. The predicted octanol–water partition coefficient (Wildman–Crippen LogP) is 4.60. The van der Waals surface area contributed by atoms with Crippen LogP contribution in [0.2, 0.25) is 0 Å². The van der Waals surface area contributed by atoms with Crippen molar-refractivity contribution in [1.82, 2.24) is 4.57 Å². The minimum Gasteiger partial charge on any atom is -0.508 e. The molecule has 0 saturated carbocycles. The van der Waals surface area contributed by atoms with Gasteiger partial charge in [-0.2, -0.15) is 5.26 Å². The number of benzene rings is 2. The summed E-state index contributed by atoms with van der Waals surface area (Å²) in [4.78, 5) is 0. The van der Waals surface area contributed by atoms with Gasteiger partial charge in [0.25, 0.3) is 0 Å². The molecule has 116 valence electrons. The van der Waals surface area contributed by atoms with Crippen molar-refractivity contribution in [1.29, 1.82) is 5.26 Å². The van der Waals surface area contributed by atoms with E-state index in [0.29, 0.717) is 5.56 Å². The maximum Gasteiger partial charge on any atom is 0.117 e. The second kappa shape index (κ2) is 6.27. The van der Waals surface area contributed by atoms with E-state index in [2.05, 4.69) is 15.4 Å². The highest BCUT2D eigenvalue weighted by molar-refractivity contribution is 7.99. The molecule has 0 unspecified atom stereocenters. The van der Waals surface area contributed by atoms with Gasteiger partial charge in [0, 0.05) is 29.9 Å². The van der Waals surface area contributed by atoms with Gasteiger partial charge in [-0.15, -0.1) is 0 Å². The van der Waals surface area contributed by atoms with Crippen molar-refractivity contribution in [3.8, 4) is 23.1 Å². The average molecular weight is 323 g/mol. The largest absolute Gasteiger partial charge is 0.508 e. The van der Waals surface area contributed by atoms with E-state index in [1.165, 1.54) is 0 Å². The number of phenolic OH excluding ortho intramolecular Hbond substituents is 1. The lowest BCUT2D eigenvalue weighted by Crippen LogP contribution is -1.97. The molecule has 0 radical (unpaired) electrons. The zero-order valence-corrected chi connectivity index (χ0v) is 13.8. The van der Waals surface area contributed by atoms with Crippen molar-refractivity contribution in [2.75, 3.05) is 11.0 Å². The summed E-state index contributed by atoms with van der Waals surface area (Å²) in [5.74, 6) is 0.209. The van der Waals surface area contributed by atoms with E-state index in [-0.39, 0.29) is 5.75 Å². The normalized spacial score (nSPS) is 10.7. The molecule has 4 nitrogen and oxygen atoms in total. The zero-order valence-electron chi connectivity index (χ0n) is 13.0. The van der Waals surface area contributed by atoms with Crippen LogP contribution in [0.15, 0.2) is 42.5 Å². The van der Waals surface area contributed by atoms with Crippen molar-refractivity contribution < 1.29 is 5.11 Å². The first-order chi connectivity index (χ1) is 11.2. The quantitative estimate of drug-likeness (QED) is 0.689. The number of anilines is 1. The van der Waals surface area contributed by atoms with Gasteiger partial charge in [-0.1, -0.05) is 24.1 Å². The number of hydrogen-bond donors (Lipinski definition) is 2. The first-order valence-corrected chi connectivity index (χ1v) is 8.56. The highest BCUT2D eigenvalue weighted by atomic mass is 32.2. The van der Waals surface area contributed by atoms with Crippen molar-refractivity contribution in [3.63, 3.8) is 0 Å². The molecule has 0 aliphatic rings. The fraction of sp³-hybridized carbons (Fsp3) is 0.167. The Morgan fingerprint density at radius 3 is 2.57 bits per heavy atom. The molecule has 1 aromatic heterocycles. The second-order valence-corrected chi connectivity index (χ2v) is 5.78. The van der Waals surface area contributed by atoms with Crippen LogP contribution < -0.4 is 4.72 Å². The third-order valence-corrected chi connectivity index (χ3v) is 4.29. The van der Waals surface area contributed by atoms with Crippen LogP contribution in [0.5, 0.6) is 5.75 Å². The van der Waals surface area contributed by atoms with E-state index in [1.807, 2.05) is 43.5 Å².